The van der Waals surface area contributed by atoms with Crippen LogP contribution in [-0.4, -0.2) is 6.61 Å². The van der Waals surface area contributed by atoms with Crippen LogP contribution in [0.5, 0.6) is 0 Å². The van der Waals surface area contributed by atoms with Crippen molar-refractivity contribution in [2.45, 2.75) is 12.0 Å². The highest BCUT2D eigenvalue weighted by molar-refractivity contribution is 5.27. The third-order valence-corrected chi connectivity index (χ3v) is 2.33. The molecular formula is C11H11O. The predicted molar refractivity (Wildman–Crippen MR) is 47.7 cm³/mol. The van der Waals surface area contributed by atoms with E-state index in [0.717, 1.165) is 18.6 Å². The third kappa shape index (κ3) is 0.978. The van der Waals surface area contributed by atoms with E-state index in [9.17, 15) is 0 Å². The van der Waals surface area contributed by atoms with Gasteiger partial charge >= 0.3 is 0 Å². The maximum Gasteiger partial charge on any atom is 0.114 e. The van der Waals surface area contributed by atoms with Crippen molar-refractivity contribution in [1.29, 1.82) is 0 Å². The van der Waals surface area contributed by atoms with Crippen molar-refractivity contribution in [2.75, 3.05) is 6.61 Å². The Morgan fingerprint density at radius 3 is 2.83 bits per heavy atom. The fourth-order valence-electron chi connectivity index (χ4n) is 1.46. The van der Waals surface area contributed by atoms with E-state index in [1.165, 1.54) is 0 Å². The molecule has 1 aliphatic rings. The minimum Gasteiger partial charge on any atom is -0.366 e. The zero-order chi connectivity index (χ0) is 8.44. The highest BCUT2D eigenvalue weighted by Gasteiger charge is 2.36. The average molecular weight is 159 g/mol. The van der Waals surface area contributed by atoms with Crippen LogP contribution in [0.15, 0.2) is 36.9 Å². The molecule has 1 heterocycles. The van der Waals surface area contributed by atoms with Gasteiger partial charge in [-0.05, 0) is 11.6 Å². The van der Waals surface area contributed by atoms with Crippen molar-refractivity contribution < 1.29 is 4.74 Å². The number of ether oxygens (including phenoxy) is 1. The average Bonchev–Trinajstić information content (AvgIpc) is 2.05. The molecule has 0 aromatic heterocycles. The molecule has 61 valence electrons. The molecule has 1 atom stereocenters. The van der Waals surface area contributed by atoms with Gasteiger partial charge < -0.3 is 4.74 Å². The second kappa shape index (κ2) is 2.76. The molecule has 0 bridgehead atoms. The summed E-state index contributed by atoms with van der Waals surface area (Å²) in [5.74, 6) is 0. The van der Waals surface area contributed by atoms with Crippen LogP contribution in [0.25, 0.3) is 0 Å². The molecule has 1 aliphatic heterocycles. The molecule has 2 rings (SSSR count). The molecule has 1 saturated heterocycles. The fraction of sp³-hybridized carbons (Fsp3) is 0.273. The number of benzene rings is 1. The lowest BCUT2D eigenvalue weighted by Crippen LogP contribution is -2.38. The van der Waals surface area contributed by atoms with Gasteiger partial charge in [-0.3, -0.25) is 0 Å². The van der Waals surface area contributed by atoms with Crippen LogP contribution in [0.4, 0.5) is 0 Å². The molecule has 1 heteroatoms. The van der Waals surface area contributed by atoms with Crippen LogP contribution in [0.3, 0.4) is 0 Å². The molecule has 1 aromatic rings. The van der Waals surface area contributed by atoms with Crippen LogP contribution >= 0.6 is 0 Å². The number of hydrogen-bond donors (Lipinski definition) is 0. The lowest BCUT2D eigenvalue weighted by atomic mass is 9.87. The summed E-state index contributed by atoms with van der Waals surface area (Å²) in [6.45, 7) is 4.61. The van der Waals surface area contributed by atoms with Gasteiger partial charge in [0, 0.05) is 6.42 Å². The van der Waals surface area contributed by atoms with Crippen molar-refractivity contribution in [1.82, 2.24) is 0 Å². The van der Waals surface area contributed by atoms with Gasteiger partial charge in [0.25, 0.3) is 0 Å². The Morgan fingerprint density at radius 2 is 2.42 bits per heavy atom. The molecule has 1 aromatic carbocycles. The molecule has 12 heavy (non-hydrogen) atoms. The minimum atomic E-state index is -0.235. The van der Waals surface area contributed by atoms with Crippen molar-refractivity contribution in [3.63, 3.8) is 0 Å². The zero-order valence-electron chi connectivity index (χ0n) is 6.92. The standard InChI is InChI=1S/C11H11O/c1-2-11(8-9-12-11)10-6-4-3-5-7-10/h2-6H,1,8-9H2. The van der Waals surface area contributed by atoms with Gasteiger partial charge in [-0.1, -0.05) is 36.9 Å². The van der Waals surface area contributed by atoms with Gasteiger partial charge in [-0.25, -0.2) is 0 Å². The largest absolute Gasteiger partial charge is 0.366 e. The van der Waals surface area contributed by atoms with E-state index in [1.807, 2.05) is 30.3 Å². The van der Waals surface area contributed by atoms with Gasteiger partial charge in [0.1, 0.15) is 5.60 Å². The van der Waals surface area contributed by atoms with Gasteiger partial charge in [0.15, 0.2) is 0 Å². The SMILES string of the molecule is C=CC1(c2[c]cccc2)CCO1. The van der Waals surface area contributed by atoms with E-state index in [4.69, 9.17) is 4.74 Å². The van der Waals surface area contributed by atoms with E-state index in [0.29, 0.717) is 0 Å². The van der Waals surface area contributed by atoms with Crippen LogP contribution in [-0.2, 0) is 10.3 Å². The number of rotatable bonds is 2. The van der Waals surface area contributed by atoms with E-state index in [2.05, 4.69) is 12.6 Å². The smallest absolute Gasteiger partial charge is 0.114 e. The molecule has 0 saturated carbocycles. The first-order valence-electron chi connectivity index (χ1n) is 4.12. The topological polar surface area (TPSA) is 9.23 Å². The molecule has 0 spiro atoms. The fourth-order valence-corrected chi connectivity index (χ4v) is 1.46. The van der Waals surface area contributed by atoms with E-state index in [1.54, 1.807) is 0 Å². The quantitative estimate of drug-likeness (QED) is 0.601. The molecule has 0 N–H and O–H groups in total. The summed E-state index contributed by atoms with van der Waals surface area (Å²) in [5.41, 5.74) is 0.854. The predicted octanol–water partition coefficient (Wildman–Crippen LogP) is 2.29. The Hall–Kier alpha value is -1.08. The Balaban J connectivity index is 2.34. The molecular weight excluding hydrogens is 148 g/mol. The first kappa shape index (κ1) is 7.56. The molecule has 1 nitrogen and oxygen atoms in total. The Bertz CT molecular complexity index is 272. The Kier molecular flexibility index (Phi) is 1.74. The van der Waals surface area contributed by atoms with E-state index >= 15 is 0 Å². The molecule has 0 aliphatic carbocycles. The first-order valence-corrected chi connectivity index (χ1v) is 4.12. The third-order valence-electron chi connectivity index (χ3n) is 2.33. The Labute approximate surface area is 72.7 Å². The minimum absolute atomic E-state index is 0.235. The van der Waals surface area contributed by atoms with E-state index < -0.39 is 0 Å². The second-order valence-corrected chi connectivity index (χ2v) is 2.97. The highest BCUT2D eigenvalue weighted by atomic mass is 16.5. The second-order valence-electron chi connectivity index (χ2n) is 2.97. The highest BCUT2D eigenvalue weighted by Crippen LogP contribution is 2.37. The maximum atomic E-state index is 5.50. The Morgan fingerprint density at radius 1 is 1.58 bits per heavy atom. The summed E-state index contributed by atoms with van der Waals surface area (Å²) < 4.78 is 5.50. The van der Waals surface area contributed by atoms with Gasteiger partial charge in [-0.2, -0.15) is 0 Å². The maximum absolute atomic E-state index is 5.50. The van der Waals surface area contributed by atoms with Crippen LogP contribution in [0, 0.1) is 6.07 Å². The van der Waals surface area contributed by atoms with Crippen molar-refractivity contribution in [3.05, 3.63) is 48.6 Å². The molecule has 1 fully saturated rings. The zero-order valence-corrected chi connectivity index (χ0v) is 6.92. The number of hydrogen-bond acceptors (Lipinski definition) is 1. The van der Waals surface area contributed by atoms with Crippen molar-refractivity contribution in [3.8, 4) is 0 Å². The van der Waals surface area contributed by atoms with Crippen molar-refractivity contribution >= 4 is 0 Å². The van der Waals surface area contributed by atoms with Crippen LogP contribution in [0.1, 0.15) is 12.0 Å². The van der Waals surface area contributed by atoms with Crippen LogP contribution < -0.4 is 0 Å². The monoisotopic (exact) mass is 159 g/mol. The van der Waals surface area contributed by atoms with Gasteiger partial charge in [-0.15, -0.1) is 0 Å². The first-order chi connectivity index (χ1) is 5.87. The summed E-state index contributed by atoms with van der Waals surface area (Å²) in [5, 5.41) is 0. The molecule has 0 amide bonds. The lowest BCUT2D eigenvalue weighted by molar-refractivity contribution is -0.118. The lowest BCUT2D eigenvalue weighted by Gasteiger charge is -2.39. The van der Waals surface area contributed by atoms with E-state index in [-0.39, 0.29) is 5.60 Å². The summed E-state index contributed by atoms with van der Waals surface area (Å²) >= 11 is 0. The summed E-state index contributed by atoms with van der Waals surface area (Å²) in [6.07, 6.45) is 2.89. The van der Waals surface area contributed by atoms with Gasteiger partial charge in [0.05, 0.1) is 6.61 Å². The summed E-state index contributed by atoms with van der Waals surface area (Å²) in [6, 6.07) is 11.1. The van der Waals surface area contributed by atoms with Crippen LogP contribution in [0.2, 0.25) is 0 Å². The summed E-state index contributed by atoms with van der Waals surface area (Å²) in [4.78, 5) is 0. The molecule has 1 radical (unpaired) electrons. The summed E-state index contributed by atoms with van der Waals surface area (Å²) in [7, 11) is 0. The normalized spacial score (nSPS) is 27.7. The van der Waals surface area contributed by atoms with Crippen molar-refractivity contribution in [2.24, 2.45) is 0 Å². The molecule has 1 unspecified atom stereocenters. The van der Waals surface area contributed by atoms with Gasteiger partial charge in [0.2, 0.25) is 0 Å².